The number of benzene rings is 1. The second-order valence-electron chi connectivity index (χ2n) is 7.52. The van der Waals surface area contributed by atoms with Crippen LogP contribution in [0.2, 0.25) is 0 Å². The quantitative estimate of drug-likeness (QED) is 0.450. The number of hydrogen-bond acceptors (Lipinski definition) is 6. The fourth-order valence-electron chi connectivity index (χ4n) is 3.30. The molecule has 1 saturated heterocycles. The van der Waals surface area contributed by atoms with Gasteiger partial charge in [-0.05, 0) is 39.0 Å². The average Bonchev–Trinajstić information content (AvgIpc) is 3.27. The average molecular weight is 440 g/mol. The van der Waals surface area contributed by atoms with Crippen LogP contribution in [0.5, 0.6) is 5.75 Å². The van der Waals surface area contributed by atoms with Crippen molar-refractivity contribution in [3.8, 4) is 5.75 Å². The van der Waals surface area contributed by atoms with Gasteiger partial charge >= 0.3 is 34.7 Å². The van der Waals surface area contributed by atoms with Crippen LogP contribution in [0, 0.1) is 6.92 Å². The van der Waals surface area contributed by atoms with Crippen molar-refractivity contribution in [3.63, 3.8) is 0 Å². The van der Waals surface area contributed by atoms with E-state index in [2.05, 4.69) is 15.0 Å². The Balaban J connectivity index is 0.00000256. The molecule has 1 fully saturated rings. The van der Waals surface area contributed by atoms with E-state index < -0.39 is 17.0 Å². The van der Waals surface area contributed by atoms with Crippen LogP contribution in [0.1, 0.15) is 31.5 Å². The van der Waals surface area contributed by atoms with E-state index >= 15 is 0 Å². The third-order valence-electron chi connectivity index (χ3n) is 4.87. The fourth-order valence-corrected chi connectivity index (χ4v) is 4.40. The standard InChI is InChI=1S/C21H25N3O4S.Na.H/c1-14-18(13-29(25)20-23-16-6-4-5-7-17(16)24-20)22-10-8-19(14)26-11-9-15-12-27-21(2,3)28-15;;/h4-8,10,15H,9,11-13H2,1-3H3,(H,23,24);;. The number of pyridine rings is 1. The molecule has 7 nitrogen and oxygen atoms in total. The molecule has 30 heavy (non-hydrogen) atoms. The van der Waals surface area contributed by atoms with Crippen LogP contribution in [-0.4, -0.2) is 74.2 Å². The van der Waals surface area contributed by atoms with Crippen molar-refractivity contribution in [3.05, 3.63) is 47.8 Å². The van der Waals surface area contributed by atoms with Crippen molar-refractivity contribution in [2.75, 3.05) is 13.2 Å². The summed E-state index contributed by atoms with van der Waals surface area (Å²) in [6.45, 7) is 6.85. The molecule has 0 radical (unpaired) electrons. The molecule has 1 aliphatic rings. The van der Waals surface area contributed by atoms with Crippen LogP contribution in [0.25, 0.3) is 11.0 Å². The molecule has 1 aliphatic heterocycles. The van der Waals surface area contributed by atoms with Crippen molar-refractivity contribution in [1.29, 1.82) is 0 Å². The third-order valence-corrected chi connectivity index (χ3v) is 6.03. The summed E-state index contributed by atoms with van der Waals surface area (Å²) < 4.78 is 30.1. The van der Waals surface area contributed by atoms with Gasteiger partial charge in [0.2, 0.25) is 0 Å². The van der Waals surface area contributed by atoms with Gasteiger partial charge in [-0.1, -0.05) is 12.1 Å². The van der Waals surface area contributed by atoms with Gasteiger partial charge in [-0.3, -0.25) is 9.97 Å². The molecule has 3 heterocycles. The maximum atomic E-state index is 12.8. The third kappa shape index (κ3) is 5.56. The minimum atomic E-state index is -1.32. The fraction of sp³-hybridized carbons (Fsp3) is 0.429. The molecule has 156 valence electrons. The Morgan fingerprint density at radius 1 is 1.30 bits per heavy atom. The summed E-state index contributed by atoms with van der Waals surface area (Å²) in [5.74, 6) is 0.497. The van der Waals surface area contributed by atoms with Gasteiger partial charge in [-0.25, -0.2) is 0 Å². The van der Waals surface area contributed by atoms with E-state index in [4.69, 9.17) is 14.2 Å². The molecule has 0 aliphatic carbocycles. The zero-order valence-electron chi connectivity index (χ0n) is 16.8. The van der Waals surface area contributed by atoms with Crippen LogP contribution < -0.4 is 4.74 Å². The molecular formula is C21H26N3NaO4S. The van der Waals surface area contributed by atoms with Crippen molar-refractivity contribution in [2.45, 2.75) is 50.0 Å². The number of H-pyrrole nitrogens is 1. The van der Waals surface area contributed by atoms with Crippen LogP contribution >= 0.6 is 0 Å². The SMILES string of the molecule is Cc1c(OCCC2COC(C)(C)O2)ccnc1C[S+]([O-])c1nc2ccccc2[nH]1.[NaH]. The van der Waals surface area contributed by atoms with Crippen LogP contribution in [0.3, 0.4) is 0 Å². The summed E-state index contributed by atoms with van der Waals surface area (Å²) in [5, 5.41) is 0.458. The summed E-state index contributed by atoms with van der Waals surface area (Å²) in [4.78, 5) is 12.0. The van der Waals surface area contributed by atoms with Gasteiger partial charge in [-0.15, -0.1) is 0 Å². The zero-order chi connectivity index (χ0) is 20.4. The number of imidazole rings is 1. The van der Waals surface area contributed by atoms with Gasteiger partial charge in [0.05, 0.1) is 36.0 Å². The summed E-state index contributed by atoms with van der Waals surface area (Å²) in [6.07, 6.45) is 2.46. The number of nitrogens with zero attached hydrogens (tertiary/aromatic N) is 2. The second-order valence-corrected chi connectivity index (χ2v) is 8.88. The minimum absolute atomic E-state index is 0. The first-order valence-corrected chi connectivity index (χ1v) is 11.0. The van der Waals surface area contributed by atoms with E-state index in [0.717, 1.165) is 34.5 Å². The molecule has 2 aromatic heterocycles. The zero-order valence-corrected chi connectivity index (χ0v) is 17.6. The first kappa shape index (κ1) is 23.5. The molecule has 2 atom stereocenters. The molecule has 0 bridgehead atoms. The first-order chi connectivity index (χ1) is 13.9. The molecule has 4 rings (SSSR count). The Morgan fingerprint density at radius 2 is 2.10 bits per heavy atom. The topological polar surface area (TPSA) is 92.3 Å². The maximum absolute atomic E-state index is 12.8. The first-order valence-electron chi connectivity index (χ1n) is 9.63. The summed E-state index contributed by atoms with van der Waals surface area (Å²) in [7, 11) is 0. The Morgan fingerprint density at radius 3 is 2.83 bits per heavy atom. The monoisotopic (exact) mass is 439 g/mol. The van der Waals surface area contributed by atoms with Crippen molar-refractivity contribution >= 4 is 51.8 Å². The number of aromatic amines is 1. The van der Waals surface area contributed by atoms with E-state index in [-0.39, 0.29) is 41.4 Å². The van der Waals surface area contributed by atoms with E-state index in [0.29, 0.717) is 18.4 Å². The number of rotatable bonds is 7. The molecule has 3 aromatic rings. The van der Waals surface area contributed by atoms with Crippen LogP contribution in [0.4, 0.5) is 0 Å². The number of para-hydroxylation sites is 2. The molecule has 9 heteroatoms. The molecular weight excluding hydrogens is 413 g/mol. The number of fused-ring (bicyclic) bond motifs is 1. The molecule has 0 amide bonds. The van der Waals surface area contributed by atoms with Gasteiger partial charge in [-0.2, -0.15) is 4.98 Å². The Hall–Kier alpha value is -1.13. The summed E-state index contributed by atoms with van der Waals surface area (Å²) in [5.41, 5.74) is 3.31. The van der Waals surface area contributed by atoms with E-state index in [1.165, 1.54) is 0 Å². The molecule has 2 unspecified atom stereocenters. The van der Waals surface area contributed by atoms with Crippen molar-refractivity contribution in [2.24, 2.45) is 0 Å². The van der Waals surface area contributed by atoms with Gasteiger partial charge in [0.25, 0.3) is 0 Å². The number of aromatic nitrogens is 3. The van der Waals surface area contributed by atoms with Crippen molar-refractivity contribution < 1.29 is 18.8 Å². The predicted molar refractivity (Wildman–Crippen MR) is 117 cm³/mol. The van der Waals surface area contributed by atoms with E-state index in [1.807, 2.05) is 51.1 Å². The Labute approximate surface area is 201 Å². The second kappa shape index (κ2) is 9.99. The van der Waals surface area contributed by atoms with Gasteiger partial charge in [0, 0.05) is 29.4 Å². The van der Waals surface area contributed by atoms with Gasteiger partial charge < -0.3 is 18.8 Å². The van der Waals surface area contributed by atoms with Gasteiger partial charge in [0.15, 0.2) is 11.5 Å². The predicted octanol–water partition coefficient (Wildman–Crippen LogP) is 2.85. The van der Waals surface area contributed by atoms with Crippen LogP contribution in [-0.2, 0) is 26.4 Å². The van der Waals surface area contributed by atoms with E-state index in [9.17, 15) is 4.55 Å². The van der Waals surface area contributed by atoms with E-state index in [1.54, 1.807) is 6.20 Å². The Kier molecular flexibility index (Phi) is 7.84. The normalized spacial score (nSPS) is 18.9. The molecule has 1 aromatic carbocycles. The number of ether oxygens (including phenoxy) is 3. The summed E-state index contributed by atoms with van der Waals surface area (Å²) in [6, 6.07) is 9.47. The van der Waals surface area contributed by atoms with Crippen LogP contribution in [0.15, 0.2) is 41.7 Å². The molecule has 0 spiro atoms. The Bertz CT molecular complexity index is 964. The molecule has 1 N–H and O–H groups in total. The number of hydrogen-bond donors (Lipinski definition) is 1. The van der Waals surface area contributed by atoms with Crippen molar-refractivity contribution in [1.82, 2.24) is 15.0 Å². The van der Waals surface area contributed by atoms with Gasteiger partial charge in [0.1, 0.15) is 5.75 Å². The number of nitrogens with one attached hydrogen (secondary N) is 1. The molecule has 0 saturated carbocycles. The summed E-state index contributed by atoms with van der Waals surface area (Å²) >= 11 is -1.32.